The molecule has 0 fully saturated rings. The molecule has 0 radical (unpaired) electrons. The molecule has 0 spiro atoms. The van der Waals surface area contributed by atoms with Gasteiger partial charge in [0.2, 0.25) is 0 Å². The Bertz CT molecular complexity index is 834. The molecular formula is C17H16N2O2. The quantitative estimate of drug-likeness (QED) is 0.690. The highest BCUT2D eigenvalue weighted by Crippen LogP contribution is 2.26. The molecule has 106 valence electrons. The number of aromatic nitrogens is 2. The molecule has 0 aliphatic rings. The van der Waals surface area contributed by atoms with E-state index in [4.69, 9.17) is 4.74 Å². The number of ether oxygens (including phenoxy) is 1. The lowest BCUT2D eigenvalue weighted by Gasteiger charge is -2.05. The molecule has 0 bridgehead atoms. The maximum atomic E-state index is 10.9. The minimum atomic E-state index is 0.648. The molecule has 0 unspecified atom stereocenters. The predicted molar refractivity (Wildman–Crippen MR) is 82.0 cm³/mol. The van der Waals surface area contributed by atoms with Crippen LogP contribution in [0.2, 0.25) is 0 Å². The molecule has 0 atom stereocenters. The maximum absolute atomic E-state index is 10.9. The minimum Gasteiger partial charge on any atom is -0.496 e. The first-order valence-corrected chi connectivity index (χ1v) is 6.72. The molecule has 0 N–H and O–H groups in total. The monoisotopic (exact) mass is 280 g/mol. The Balaban J connectivity index is 2.15. The number of hydrogen-bond acceptors (Lipinski definition) is 3. The van der Waals surface area contributed by atoms with Crippen LogP contribution >= 0.6 is 0 Å². The second kappa shape index (κ2) is 5.05. The van der Waals surface area contributed by atoms with Crippen LogP contribution in [0.4, 0.5) is 0 Å². The van der Waals surface area contributed by atoms with E-state index >= 15 is 0 Å². The smallest absolute Gasteiger partial charge is 0.151 e. The summed E-state index contributed by atoms with van der Waals surface area (Å²) in [6.07, 6.45) is 4.59. The van der Waals surface area contributed by atoms with Gasteiger partial charge in [0.25, 0.3) is 0 Å². The first kappa shape index (κ1) is 13.4. The largest absolute Gasteiger partial charge is 0.496 e. The summed E-state index contributed by atoms with van der Waals surface area (Å²) in [5.41, 5.74) is 5.48. The molecule has 3 rings (SSSR count). The number of imidazole rings is 1. The zero-order valence-electron chi connectivity index (χ0n) is 12.3. The number of methoxy groups -OCH3 is 1. The van der Waals surface area contributed by atoms with E-state index in [0.29, 0.717) is 5.56 Å². The Labute approximate surface area is 123 Å². The molecule has 1 aromatic carbocycles. The topological polar surface area (TPSA) is 43.6 Å². The van der Waals surface area contributed by atoms with E-state index in [1.165, 1.54) is 0 Å². The summed E-state index contributed by atoms with van der Waals surface area (Å²) >= 11 is 0. The van der Waals surface area contributed by atoms with E-state index in [0.717, 1.165) is 40.1 Å². The van der Waals surface area contributed by atoms with E-state index < -0.39 is 0 Å². The Morgan fingerprint density at radius 2 is 1.95 bits per heavy atom. The summed E-state index contributed by atoms with van der Waals surface area (Å²) in [5, 5.41) is 0. The molecule has 0 amide bonds. The van der Waals surface area contributed by atoms with E-state index in [1.807, 2.05) is 42.6 Å². The molecule has 3 aromatic rings. The molecular weight excluding hydrogens is 264 g/mol. The normalized spacial score (nSPS) is 10.8. The fourth-order valence-corrected chi connectivity index (χ4v) is 2.54. The van der Waals surface area contributed by atoms with Crippen LogP contribution in [0.15, 0.2) is 36.7 Å². The average molecular weight is 280 g/mol. The fourth-order valence-electron chi connectivity index (χ4n) is 2.54. The third-order valence-corrected chi connectivity index (χ3v) is 3.58. The maximum Gasteiger partial charge on any atom is 0.151 e. The van der Waals surface area contributed by atoms with E-state index in [2.05, 4.69) is 11.1 Å². The van der Waals surface area contributed by atoms with Crippen LogP contribution in [0, 0.1) is 13.8 Å². The van der Waals surface area contributed by atoms with Crippen molar-refractivity contribution in [2.24, 2.45) is 0 Å². The molecule has 0 aliphatic carbocycles. The lowest BCUT2D eigenvalue weighted by molar-refractivity contribution is 0.112. The van der Waals surface area contributed by atoms with Gasteiger partial charge in [-0.15, -0.1) is 0 Å². The average Bonchev–Trinajstić information content (AvgIpc) is 2.91. The lowest BCUT2D eigenvalue weighted by Crippen LogP contribution is -1.91. The van der Waals surface area contributed by atoms with Gasteiger partial charge in [0.1, 0.15) is 11.4 Å². The Morgan fingerprint density at radius 3 is 2.62 bits per heavy atom. The Kier molecular flexibility index (Phi) is 3.22. The summed E-state index contributed by atoms with van der Waals surface area (Å²) in [6.45, 7) is 3.96. The van der Waals surface area contributed by atoms with Gasteiger partial charge in [-0.1, -0.05) is 0 Å². The standard InChI is InChI=1S/C17H16N2O2/c1-11-7-14(4-5-16(11)21-3)15-9-19-8-13(10-20)6-12(2)17(19)18-15/h4-10H,1-3H3. The minimum absolute atomic E-state index is 0.648. The Hall–Kier alpha value is -2.62. The summed E-state index contributed by atoms with van der Waals surface area (Å²) < 4.78 is 7.18. The zero-order valence-corrected chi connectivity index (χ0v) is 12.3. The molecule has 2 aromatic heterocycles. The number of aldehydes is 1. The SMILES string of the molecule is COc1ccc(-c2cn3cc(C=O)cc(C)c3n2)cc1C. The van der Waals surface area contributed by atoms with Gasteiger partial charge >= 0.3 is 0 Å². The van der Waals surface area contributed by atoms with Gasteiger partial charge in [-0.2, -0.15) is 0 Å². The number of nitrogens with zero attached hydrogens (tertiary/aromatic N) is 2. The number of hydrogen-bond donors (Lipinski definition) is 0. The number of fused-ring (bicyclic) bond motifs is 1. The summed E-state index contributed by atoms with van der Waals surface area (Å²) in [5.74, 6) is 0.863. The van der Waals surface area contributed by atoms with Crippen molar-refractivity contribution in [1.82, 2.24) is 9.38 Å². The van der Waals surface area contributed by atoms with Gasteiger partial charge in [-0.05, 0) is 49.2 Å². The molecule has 0 saturated carbocycles. The Morgan fingerprint density at radius 1 is 1.14 bits per heavy atom. The molecule has 4 nitrogen and oxygen atoms in total. The third kappa shape index (κ3) is 2.29. The summed E-state index contributed by atoms with van der Waals surface area (Å²) in [7, 11) is 1.66. The number of carbonyl (C=O) groups excluding carboxylic acids is 1. The number of rotatable bonds is 3. The van der Waals surface area contributed by atoms with Crippen molar-refractivity contribution < 1.29 is 9.53 Å². The van der Waals surface area contributed by atoms with Crippen molar-refractivity contribution in [3.8, 4) is 17.0 Å². The van der Waals surface area contributed by atoms with Gasteiger partial charge in [-0.3, -0.25) is 4.79 Å². The van der Waals surface area contributed by atoms with E-state index in [1.54, 1.807) is 13.3 Å². The number of carbonyl (C=O) groups is 1. The van der Waals surface area contributed by atoms with Gasteiger partial charge < -0.3 is 9.14 Å². The third-order valence-electron chi connectivity index (χ3n) is 3.58. The molecule has 2 heterocycles. The van der Waals surface area contributed by atoms with Gasteiger partial charge in [0.05, 0.1) is 12.8 Å². The highest BCUT2D eigenvalue weighted by molar-refractivity contribution is 5.76. The van der Waals surface area contributed by atoms with Gasteiger partial charge in [0, 0.05) is 23.5 Å². The summed E-state index contributed by atoms with van der Waals surface area (Å²) in [6, 6.07) is 7.83. The van der Waals surface area contributed by atoms with Crippen molar-refractivity contribution in [3.63, 3.8) is 0 Å². The lowest BCUT2D eigenvalue weighted by atomic mass is 10.1. The molecule has 0 saturated heterocycles. The van der Waals surface area contributed by atoms with Crippen LogP contribution in [-0.2, 0) is 0 Å². The van der Waals surface area contributed by atoms with Gasteiger partial charge in [0.15, 0.2) is 6.29 Å². The second-order valence-corrected chi connectivity index (χ2v) is 5.12. The first-order chi connectivity index (χ1) is 10.1. The number of pyridine rings is 1. The predicted octanol–water partition coefficient (Wildman–Crippen LogP) is 3.44. The molecule has 0 aliphatic heterocycles. The van der Waals surface area contributed by atoms with Crippen molar-refractivity contribution in [3.05, 3.63) is 53.3 Å². The number of aryl methyl sites for hydroxylation is 2. The summed E-state index contributed by atoms with van der Waals surface area (Å²) in [4.78, 5) is 15.6. The van der Waals surface area contributed by atoms with Crippen LogP contribution < -0.4 is 4.74 Å². The van der Waals surface area contributed by atoms with Crippen LogP contribution in [0.5, 0.6) is 5.75 Å². The van der Waals surface area contributed by atoms with Crippen LogP contribution in [0.1, 0.15) is 21.5 Å². The second-order valence-electron chi connectivity index (χ2n) is 5.12. The number of benzene rings is 1. The molecule has 21 heavy (non-hydrogen) atoms. The fraction of sp³-hybridized carbons (Fsp3) is 0.176. The molecule has 4 heteroatoms. The highest BCUT2D eigenvalue weighted by atomic mass is 16.5. The van der Waals surface area contributed by atoms with E-state index in [9.17, 15) is 4.79 Å². The van der Waals surface area contributed by atoms with Crippen molar-refractivity contribution >= 4 is 11.9 Å². The van der Waals surface area contributed by atoms with Crippen molar-refractivity contribution in [1.29, 1.82) is 0 Å². The van der Waals surface area contributed by atoms with Crippen molar-refractivity contribution in [2.75, 3.05) is 7.11 Å². The van der Waals surface area contributed by atoms with Crippen LogP contribution in [-0.4, -0.2) is 22.8 Å². The van der Waals surface area contributed by atoms with Crippen LogP contribution in [0.3, 0.4) is 0 Å². The van der Waals surface area contributed by atoms with Gasteiger partial charge in [-0.25, -0.2) is 4.98 Å². The van der Waals surface area contributed by atoms with Crippen molar-refractivity contribution in [2.45, 2.75) is 13.8 Å². The zero-order chi connectivity index (χ0) is 15.0. The van der Waals surface area contributed by atoms with Crippen LogP contribution in [0.25, 0.3) is 16.9 Å². The van der Waals surface area contributed by atoms with E-state index in [-0.39, 0.29) is 0 Å². The highest BCUT2D eigenvalue weighted by Gasteiger charge is 2.09. The first-order valence-electron chi connectivity index (χ1n) is 6.72.